The Morgan fingerprint density at radius 2 is 0.576 bits per heavy atom. The van der Waals surface area contributed by atoms with Crippen molar-refractivity contribution < 1.29 is 0 Å². The zero-order valence-corrected chi connectivity index (χ0v) is 46.3. The van der Waals surface area contributed by atoms with E-state index >= 15 is 0 Å². The van der Waals surface area contributed by atoms with Gasteiger partial charge >= 0.3 is 0 Å². The van der Waals surface area contributed by atoms with Crippen molar-refractivity contribution >= 4 is 152 Å². The van der Waals surface area contributed by atoms with Gasteiger partial charge in [-0.2, -0.15) is 5.26 Å². The number of rotatable bonds is 5. The van der Waals surface area contributed by atoms with Gasteiger partial charge in [-0.25, -0.2) is 4.98 Å². The van der Waals surface area contributed by atoms with Gasteiger partial charge in [0.15, 0.2) is 0 Å². The van der Waals surface area contributed by atoms with E-state index in [0.29, 0.717) is 5.56 Å². The first-order valence-electron chi connectivity index (χ1n) is 28.8. The minimum atomic E-state index is 0.508. The number of thiazole rings is 1. The van der Waals surface area contributed by atoms with Crippen LogP contribution in [0.1, 0.15) is 5.56 Å². The van der Waals surface area contributed by atoms with Crippen LogP contribution in [0.25, 0.3) is 174 Å². The Morgan fingerprint density at radius 3 is 0.941 bits per heavy atom. The Morgan fingerprint density at radius 1 is 0.282 bits per heavy atom. The average Bonchev–Trinajstić information content (AvgIpc) is 1.75. The summed E-state index contributed by atoms with van der Waals surface area (Å²) in [5, 5.41) is 31.9. The predicted octanol–water partition coefficient (Wildman–Crippen LogP) is 20.8. The van der Waals surface area contributed by atoms with Gasteiger partial charge in [0.05, 0.1) is 88.2 Å². The summed E-state index contributed by atoms with van der Waals surface area (Å²) in [4.78, 5) is 5.70. The highest BCUT2D eigenvalue weighted by atomic mass is 32.1. The molecule has 0 atom stereocenters. The van der Waals surface area contributed by atoms with Crippen LogP contribution in [0, 0.1) is 11.3 Å². The summed E-state index contributed by atoms with van der Waals surface area (Å²) in [5.41, 5.74) is 13.6. The number of fused-ring (bicyclic) bond motifs is 17. The number of hydrogen-bond donors (Lipinski definition) is 0. The summed E-state index contributed by atoms with van der Waals surface area (Å²) in [5.74, 6) is 0. The minimum absolute atomic E-state index is 0.508. The molecule has 0 fully saturated rings. The maximum atomic E-state index is 13.1. The standard InChI is InChI=1S/C78H44N6S/c79-45-62-73(78-80-63-31-13-18-36-72(63)85-78)75(82-65-33-15-10-28-55(65)59-38-47-20-2-6-24-51(47)42-69(59)82)77(84-67-35-17-12-30-57(67)61-40-49-22-4-8-26-53(49)44-71(61)84)76(83-66-34-16-11-29-56(66)60-39-48-21-3-7-25-52(48)43-70(60)83)74(62)81-64-32-14-9-27-54(64)58-37-46-19-1-5-23-50(46)41-68(58)81/h1-44H. The smallest absolute Gasteiger partial charge is 0.128 e. The third kappa shape index (κ3) is 6.43. The van der Waals surface area contributed by atoms with Gasteiger partial charge in [0, 0.05) is 43.1 Å². The van der Waals surface area contributed by atoms with Gasteiger partial charge in [-0.05, 0) is 128 Å². The predicted molar refractivity (Wildman–Crippen MR) is 357 cm³/mol. The van der Waals surface area contributed by atoms with Crippen molar-refractivity contribution in [1.82, 2.24) is 23.3 Å². The van der Waals surface area contributed by atoms with Crippen molar-refractivity contribution in [2.75, 3.05) is 0 Å². The first-order chi connectivity index (χ1) is 42.1. The molecule has 85 heavy (non-hydrogen) atoms. The molecule has 19 aromatic rings. The van der Waals surface area contributed by atoms with Gasteiger partial charge in [-0.15, -0.1) is 11.3 Å². The molecule has 0 radical (unpaired) electrons. The molecule has 0 saturated carbocycles. The van der Waals surface area contributed by atoms with Gasteiger partial charge in [-0.1, -0.05) is 182 Å². The highest BCUT2D eigenvalue weighted by Crippen LogP contribution is 2.53. The van der Waals surface area contributed by atoms with Gasteiger partial charge in [0.1, 0.15) is 11.1 Å². The molecule has 0 N–H and O–H groups in total. The van der Waals surface area contributed by atoms with Crippen molar-refractivity contribution in [1.29, 1.82) is 5.26 Å². The van der Waals surface area contributed by atoms with E-state index in [-0.39, 0.29) is 0 Å². The van der Waals surface area contributed by atoms with E-state index in [0.717, 1.165) is 174 Å². The maximum Gasteiger partial charge on any atom is 0.128 e. The van der Waals surface area contributed by atoms with Crippen LogP contribution in [0.15, 0.2) is 267 Å². The number of benzene rings is 14. The molecule has 5 aromatic heterocycles. The third-order valence-corrected chi connectivity index (χ3v) is 19.1. The fourth-order valence-corrected chi connectivity index (χ4v) is 15.5. The lowest BCUT2D eigenvalue weighted by atomic mass is 9.97. The molecule has 0 spiro atoms. The van der Waals surface area contributed by atoms with Gasteiger partial charge in [0.25, 0.3) is 0 Å². The van der Waals surface area contributed by atoms with Crippen LogP contribution in [-0.2, 0) is 0 Å². The molecule has 0 saturated heterocycles. The molecular formula is C78H44N6S. The first-order valence-corrected chi connectivity index (χ1v) is 29.6. The Labute approximate surface area is 489 Å². The fraction of sp³-hybridized carbons (Fsp3) is 0. The topological polar surface area (TPSA) is 56.4 Å². The molecule has 5 heterocycles. The van der Waals surface area contributed by atoms with Gasteiger partial charge in [0.2, 0.25) is 0 Å². The Bertz CT molecular complexity index is 6160. The van der Waals surface area contributed by atoms with Crippen molar-refractivity contribution in [2.24, 2.45) is 0 Å². The van der Waals surface area contributed by atoms with Crippen LogP contribution in [0.5, 0.6) is 0 Å². The number of nitriles is 1. The lowest BCUT2D eigenvalue weighted by molar-refractivity contribution is 1.02. The van der Waals surface area contributed by atoms with E-state index in [9.17, 15) is 5.26 Å². The van der Waals surface area contributed by atoms with Crippen LogP contribution in [0.2, 0.25) is 0 Å². The number of para-hydroxylation sites is 5. The zero-order valence-electron chi connectivity index (χ0n) is 45.5. The van der Waals surface area contributed by atoms with E-state index in [1.165, 1.54) is 0 Å². The van der Waals surface area contributed by atoms with Gasteiger partial charge in [-0.3, -0.25) is 0 Å². The molecule has 0 bridgehead atoms. The van der Waals surface area contributed by atoms with Crippen LogP contribution < -0.4 is 0 Å². The summed E-state index contributed by atoms with van der Waals surface area (Å²) in [7, 11) is 0. The average molecular weight is 1100 g/mol. The SMILES string of the molecule is N#Cc1c(-c2nc3ccccc3s2)c(-n2c3ccccc3c3cc4ccccc4cc32)c(-n2c3ccccc3c3cc4ccccc4cc32)c(-n2c3ccccc3c3cc4ccccc4cc32)c1-n1c2ccccc2c2cc3ccccc3cc21. The highest BCUT2D eigenvalue weighted by Gasteiger charge is 2.36. The van der Waals surface area contributed by atoms with Crippen LogP contribution in [-0.4, -0.2) is 23.3 Å². The summed E-state index contributed by atoms with van der Waals surface area (Å²) in [6.45, 7) is 0. The Balaban J connectivity index is 1.18. The summed E-state index contributed by atoms with van der Waals surface area (Å²) < 4.78 is 11.0. The summed E-state index contributed by atoms with van der Waals surface area (Å²) in [6, 6.07) is 100. The molecular weight excluding hydrogens is 1050 g/mol. The number of hydrogen-bond acceptors (Lipinski definition) is 3. The van der Waals surface area contributed by atoms with E-state index < -0.39 is 0 Å². The molecule has 0 aliphatic carbocycles. The zero-order chi connectivity index (χ0) is 55.6. The third-order valence-electron chi connectivity index (χ3n) is 18.1. The minimum Gasteiger partial charge on any atom is -0.306 e. The molecule has 19 rings (SSSR count). The molecule has 0 amide bonds. The molecule has 14 aromatic carbocycles. The van der Waals surface area contributed by atoms with Crippen molar-refractivity contribution in [3.8, 4) is 39.4 Å². The van der Waals surface area contributed by atoms with E-state index in [2.05, 4.69) is 291 Å². The van der Waals surface area contributed by atoms with Crippen molar-refractivity contribution in [3.63, 3.8) is 0 Å². The first kappa shape index (κ1) is 46.3. The summed E-state index contributed by atoms with van der Waals surface area (Å²) in [6.07, 6.45) is 0. The molecule has 7 heteroatoms. The highest BCUT2D eigenvalue weighted by molar-refractivity contribution is 7.21. The van der Waals surface area contributed by atoms with E-state index in [1.807, 2.05) is 0 Å². The lowest BCUT2D eigenvalue weighted by Gasteiger charge is -2.29. The maximum absolute atomic E-state index is 13.1. The molecule has 0 aliphatic rings. The second-order valence-corrected chi connectivity index (χ2v) is 23.5. The Kier molecular flexibility index (Phi) is 9.46. The monoisotopic (exact) mass is 1100 g/mol. The van der Waals surface area contributed by atoms with E-state index in [4.69, 9.17) is 4.98 Å². The Hall–Kier alpha value is -11.3. The van der Waals surface area contributed by atoms with Crippen molar-refractivity contribution in [3.05, 3.63) is 272 Å². The lowest BCUT2D eigenvalue weighted by Crippen LogP contribution is -2.16. The number of aromatic nitrogens is 5. The molecule has 6 nitrogen and oxygen atoms in total. The van der Waals surface area contributed by atoms with E-state index in [1.54, 1.807) is 11.3 Å². The largest absolute Gasteiger partial charge is 0.306 e. The quantitative estimate of drug-likeness (QED) is 0.172. The second-order valence-electron chi connectivity index (χ2n) is 22.5. The fourth-order valence-electron chi connectivity index (χ4n) is 14.4. The molecule has 0 unspecified atom stereocenters. The van der Waals surface area contributed by atoms with Crippen LogP contribution >= 0.6 is 11.3 Å². The summed E-state index contributed by atoms with van der Waals surface area (Å²) >= 11 is 1.64. The second kappa shape index (κ2) is 17.4. The molecule has 0 aliphatic heterocycles. The normalized spacial score (nSPS) is 12.2. The van der Waals surface area contributed by atoms with Gasteiger partial charge < -0.3 is 18.3 Å². The number of nitrogens with zero attached hydrogens (tertiary/aromatic N) is 6. The van der Waals surface area contributed by atoms with Crippen molar-refractivity contribution in [2.45, 2.75) is 0 Å². The van der Waals surface area contributed by atoms with Crippen LogP contribution in [0.4, 0.5) is 0 Å². The molecule has 392 valence electrons. The van der Waals surface area contributed by atoms with Crippen LogP contribution in [0.3, 0.4) is 0 Å².